The summed E-state index contributed by atoms with van der Waals surface area (Å²) in [6, 6.07) is 0. The molecule has 1 aliphatic heterocycles. The van der Waals surface area contributed by atoms with Gasteiger partial charge in [-0.05, 0) is 37.1 Å². The summed E-state index contributed by atoms with van der Waals surface area (Å²) in [7, 11) is 0. The smallest absolute Gasteiger partial charge is 0.178 e. The van der Waals surface area contributed by atoms with Crippen molar-refractivity contribution in [3.05, 3.63) is 24.3 Å². The normalized spacial score (nSPS) is 31.3. The van der Waals surface area contributed by atoms with E-state index < -0.39 is 0 Å². The van der Waals surface area contributed by atoms with E-state index in [1.807, 2.05) is 12.2 Å². The first-order valence-electron chi connectivity index (χ1n) is 5.35. The van der Waals surface area contributed by atoms with Gasteiger partial charge in [0.1, 0.15) is 5.60 Å². The lowest BCUT2D eigenvalue weighted by Crippen LogP contribution is -2.56. The number of ether oxygens (including phenoxy) is 1. The van der Waals surface area contributed by atoms with Crippen molar-refractivity contribution >= 4 is 5.78 Å². The van der Waals surface area contributed by atoms with Gasteiger partial charge >= 0.3 is 0 Å². The van der Waals surface area contributed by atoms with Crippen LogP contribution in [0.3, 0.4) is 0 Å². The second-order valence-corrected chi connectivity index (χ2v) is 4.69. The van der Waals surface area contributed by atoms with Crippen LogP contribution in [0.4, 0.5) is 0 Å². The van der Waals surface area contributed by atoms with E-state index in [-0.39, 0.29) is 17.0 Å². The summed E-state index contributed by atoms with van der Waals surface area (Å²) in [6.07, 6.45) is 13.1. The van der Waals surface area contributed by atoms with E-state index in [1.165, 1.54) is 25.7 Å². The number of hydrogen-bond donors (Lipinski definition) is 0. The molecule has 0 radical (unpaired) electrons. The Hall–Kier alpha value is -0.890. The van der Waals surface area contributed by atoms with Gasteiger partial charge in [-0.25, -0.2) is 0 Å². The highest BCUT2D eigenvalue weighted by molar-refractivity contribution is 6.00. The van der Waals surface area contributed by atoms with Gasteiger partial charge in [-0.1, -0.05) is 12.8 Å². The lowest BCUT2D eigenvalue weighted by molar-refractivity contribution is -0.222. The number of rotatable bonds is 0. The lowest BCUT2D eigenvalue weighted by Gasteiger charge is -2.53. The molecule has 3 rings (SSSR count). The van der Waals surface area contributed by atoms with Gasteiger partial charge in [0.05, 0.1) is 5.60 Å². The molecule has 3 aliphatic rings. The average Bonchev–Trinajstić information content (AvgIpc) is 2.58. The van der Waals surface area contributed by atoms with Crippen molar-refractivity contribution in [2.75, 3.05) is 0 Å². The Balaban J connectivity index is 1.76. The highest BCUT2D eigenvalue weighted by Gasteiger charge is 2.54. The predicted octanol–water partition coefficient (Wildman–Crippen LogP) is 2.15. The Kier molecular flexibility index (Phi) is 1.55. The molecular weight excluding hydrogens is 176 g/mol. The fourth-order valence-electron chi connectivity index (χ4n) is 2.94. The SMILES string of the molecule is O=C1C=CC2(C=C1)CC1(CCCC1)O2. The maximum absolute atomic E-state index is 11.0. The van der Waals surface area contributed by atoms with Gasteiger partial charge in [0, 0.05) is 6.42 Å². The van der Waals surface area contributed by atoms with E-state index in [2.05, 4.69) is 0 Å². The van der Waals surface area contributed by atoms with Crippen LogP contribution in [0.1, 0.15) is 32.1 Å². The van der Waals surface area contributed by atoms with Gasteiger partial charge < -0.3 is 4.74 Å². The Labute approximate surface area is 83.6 Å². The molecule has 14 heavy (non-hydrogen) atoms. The van der Waals surface area contributed by atoms with Crippen LogP contribution in [0.25, 0.3) is 0 Å². The number of carbonyl (C=O) groups excluding carboxylic acids is 1. The largest absolute Gasteiger partial charge is 0.360 e. The molecule has 0 aromatic carbocycles. The Morgan fingerprint density at radius 3 is 2.29 bits per heavy atom. The van der Waals surface area contributed by atoms with Crippen LogP contribution < -0.4 is 0 Å². The predicted molar refractivity (Wildman–Crippen MR) is 52.9 cm³/mol. The molecule has 2 spiro atoms. The van der Waals surface area contributed by atoms with Crippen molar-refractivity contribution in [1.29, 1.82) is 0 Å². The van der Waals surface area contributed by atoms with E-state index in [4.69, 9.17) is 4.74 Å². The lowest BCUT2D eigenvalue weighted by atomic mass is 9.76. The second kappa shape index (κ2) is 2.57. The molecule has 1 saturated heterocycles. The standard InChI is InChI=1S/C12H14O2/c13-10-3-7-12(8-4-10)9-11(14-12)5-1-2-6-11/h3-4,7-8H,1-2,5-6,9H2. The first kappa shape index (κ1) is 8.42. The molecule has 0 bridgehead atoms. The van der Waals surface area contributed by atoms with Crippen LogP contribution in [0, 0.1) is 0 Å². The molecule has 2 nitrogen and oxygen atoms in total. The summed E-state index contributed by atoms with van der Waals surface area (Å²) in [6.45, 7) is 0. The van der Waals surface area contributed by atoms with Crippen LogP contribution >= 0.6 is 0 Å². The third-order valence-corrected chi connectivity index (χ3v) is 3.58. The van der Waals surface area contributed by atoms with Crippen LogP contribution in [0.5, 0.6) is 0 Å². The number of ketones is 1. The van der Waals surface area contributed by atoms with Crippen molar-refractivity contribution in [2.24, 2.45) is 0 Å². The third kappa shape index (κ3) is 1.10. The monoisotopic (exact) mass is 190 g/mol. The van der Waals surface area contributed by atoms with Gasteiger partial charge in [-0.2, -0.15) is 0 Å². The Morgan fingerprint density at radius 1 is 1.14 bits per heavy atom. The number of carbonyl (C=O) groups is 1. The molecule has 1 saturated carbocycles. The maximum Gasteiger partial charge on any atom is 0.178 e. The van der Waals surface area contributed by atoms with Gasteiger partial charge in [0.25, 0.3) is 0 Å². The van der Waals surface area contributed by atoms with Gasteiger partial charge in [-0.15, -0.1) is 0 Å². The first-order chi connectivity index (χ1) is 6.72. The van der Waals surface area contributed by atoms with Crippen molar-refractivity contribution in [1.82, 2.24) is 0 Å². The Morgan fingerprint density at radius 2 is 1.71 bits per heavy atom. The zero-order valence-electron chi connectivity index (χ0n) is 8.16. The van der Waals surface area contributed by atoms with Crippen LogP contribution in [0.2, 0.25) is 0 Å². The summed E-state index contributed by atoms with van der Waals surface area (Å²) >= 11 is 0. The molecule has 0 unspecified atom stereocenters. The van der Waals surface area contributed by atoms with Gasteiger partial charge in [0.15, 0.2) is 5.78 Å². The highest BCUT2D eigenvalue weighted by Crippen LogP contribution is 2.52. The summed E-state index contributed by atoms with van der Waals surface area (Å²) < 4.78 is 6.04. The van der Waals surface area contributed by atoms with Gasteiger partial charge in [0.2, 0.25) is 0 Å². The summed E-state index contributed by atoms with van der Waals surface area (Å²) in [5.74, 6) is 0.0756. The molecular formula is C12H14O2. The number of hydrogen-bond acceptors (Lipinski definition) is 2. The Bertz CT molecular complexity index is 306. The van der Waals surface area contributed by atoms with Crippen molar-refractivity contribution in [3.63, 3.8) is 0 Å². The minimum Gasteiger partial charge on any atom is -0.360 e. The molecule has 0 aromatic rings. The summed E-state index contributed by atoms with van der Waals surface area (Å²) in [4.78, 5) is 11.0. The summed E-state index contributed by atoms with van der Waals surface area (Å²) in [5.41, 5.74) is -0.0622. The van der Waals surface area contributed by atoms with E-state index in [9.17, 15) is 4.79 Å². The van der Waals surface area contributed by atoms with E-state index in [1.54, 1.807) is 12.2 Å². The third-order valence-electron chi connectivity index (χ3n) is 3.58. The zero-order chi connectivity index (χ0) is 9.65. The van der Waals surface area contributed by atoms with Crippen molar-refractivity contribution in [3.8, 4) is 0 Å². The zero-order valence-corrected chi connectivity index (χ0v) is 8.16. The first-order valence-corrected chi connectivity index (χ1v) is 5.35. The average molecular weight is 190 g/mol. The quantitative estimate of drug-likeness (QED) is 0.585. The van der Waals surface area contributed by atoms with Crippen LogP contribution in [-0.2, 0) is 9.53 Å². The maximum atomic E-state index is 11.0. The molecule has 0 atom stereocenters. The van der Waals surface area contributed by atoms with Crippen LogP contribution in [-0.4, -0.2) is 17.0 Å². The number of allylic oxidation sites excluding steroid dienone is 2. The summed E-state index contributed by atoms with van der Waals surface area (Å²) in [5, 5.41) is 0. The minimum atomic E-state index is -0.224. The van der Waals surface area contributed by atoms with Crippen molar-refractivity contribution < 1.29 is 9.53 Å². The van der Waals surface area contributed by atoms with Crippen LogP contribution in [0.15, 0.2) is 24.3 Å². The molecule has 0 aromatic heterocycles. The van der Waals surface area contributed by atoms with E-state index in [0.717, 1.165) is 6.42 Å². The molecule has 2 fully saturated rings. The fraction of sp³-hybridized carbons (Fsp3) is 0.583. The van der Waals surface area contributed by atoms with Crippen molar-refractivity contribution in [2.45, 2.75) is 43.3 Å². The molecule has 1 heterocycles. The molecule has 2 aliphatic carbocycles. The molecule has 0 amide bonds. The molecule has 2 heteroatoms. The molecule has 0 N–H and O–H groups in total. The second-order valence-electron chi connectivity index (χ2n) is 4.69. The van der Waals surface area contributed by atoms with E-state index >= 15 is 0 Å². The highest BCUT2D eigenvalue weighted by atomic mass is 16.6. The fourth-order valence-corrected chi connectivity index (χ4v) is 2.94. The minimum absolute atomic E-state index is 0.0756. The topological polar surface area (TPSA) is 26.3 Å². The molecule has 74 valence electrons. The van der Waals surface area contributed by atoms with Gasteiger partial charge in [-0.3, -0.25) is 4.79 Å². The van der Waals surface area contributed by atoms with E-state index in [0.29, 0.717) is 0 Å².